The average molecular weight is 395 g/mol. The van der Waals surface area contributed by atoms with E-state index < -0.39 is 0 Å². The third-order valence-corrected chi connectivity index (χ3v) is 4.59. The zero-order valence-corrected chi connectivity index (χ0v) is 15.1. The van der Waals surface area contributed by atoms with Crippen molar-refractivity contribution < 1.29 is 4.79 Å². The number of carbonyl (C=O) groups is 1. The third kappa shape index (κ3) is 2.89. The van der Waals surface area contributed by atoms with Crippen LogP contribution in [0.5, 0.6) is 0 Å². The van der Waals surface area contributed by atoms with E-state index in [0.29, 0.717) is 17.2 Å². The monoisotopic (exact) mass is 394 g/mol. The fourth-order valence-electron chi connectivity index (χ4n) is 2.90. The van der Waals surface area contributed by atoms with E-state index in [1.807, 2.05) is 55.5 Å². The summed E-state index contributed by atoms with van der Waals surface area (Å²) in [5.74, 6) is 1.23. The number of aromatic nitrogens is 2. The van der Waals surface area contributed by atoms with Crippen LogP contribution < -0.4 is 10.2 Å². The van der Waals surface area contributed by atoms with Crippen LogP contribution in [-0.4, -0.2) is 15.9 Å². The number of anilines is 2. The maximum Gasteiger partial charge on any atom is 0.261 e. The van der Waals surface area contributed by atoms with Crippen LogP contribution in [0.25, 0.3) is 0 Å². The largest absolute Gasteiger partial charge is 0.346 e. The lowest BCUT2D eigenvalue weighted by atomic mass is 10.1. The second-order valence-electron chi connectivity index (χ2n) is 5.86. The molecule has 1 aliphatic rings. The van der Waals surface area contributed by atoms with Crippen LogP contribution in [-0.2, 0) is 0 Å². The number of rotatable bonds is 3. The lowest BCUT2D eigenvalue weighted by Gasteiger charge is -2.25. The van der Waals surface area contributed by atoms with E-state index in [1.54, 1.807) is 17.3 Å². The Kier molecular flexibility index (Phi) is 3.97. The molecule has 4 rings (SSSR count). The zero-order chi connectivity index (χ0) is 17.4. The van der Waals surface area contributed by atoms with Gasteiger partial charge in [-0.3, -0.25) is 9.69 Å². The van der Waals surface area contributed by atoms with E-state index in [0.717, 1.165) is 15.6 Å². The number of benzene rings is 1. The minimum atomic E-state index is -0.354. The van der Waals surface area contributed by atoms with E-state index >= 15 is 0 Å². The van der Waals surface area contributed by atoms with Gasteiger partial charge in [0.1, 0.15) is 17.8 Å². The number of halogens is 1. The summed E-state index contributed by atoms with van der Waals surface area (Å²) in [6, 6.07) is 15.2. The van der Waals surface area contributed by atoms with Gasteiger partial charge < -0.3 is 5.32 Å². The second kappa shape index (κ2) is 6.29. The fraction of sp³-hybridized carbons (Fsp3) is 0.105. The maximum absolute atomic E-state index is 13.0. The quantitative estimate of drug-likeness (QED) is 0.718. The standard InChI is InChI=1S/C19H15BrN4O/c1-12-6-9-17(22-10-12)24-18(23-16-8-7-13(20)11-21-16)14-4-2-3-5-15(14)19(24)25/h2-11,18H,1H3,(H,21,23). The number of pyridine rings is 2. The predicted molar refractivity (Wildman–Crippen MR) is 101 cm³/mol. The van der Waals surface area contributed by atoms with Gasteiger partial charge in [0.25, 0.3) is 5.91 Å². The summed E-state index contributed by atoms with van der Waals surface area (Å²) in [5, 5.41) is 3.35. The van der Waals surface area contributed by atoms with Gasteiger partial charge in [-0.2, -0.15) is 0 Å². The number of nitrogens with zero attached hydrogens (tertiary/aromatic N) is 3. The van der Waals surface area contributed by atoms with Gasteiger partial charge in [0.2, 0.25) is 0 Å². The van der Waals surface area contributed by atoms with Crippen molar-refractivity contribution in [1.29, 1.82) is 0 Å². The molecule has 3 heterocycles. The number of amides is 1. The number of aryl methyl sites for hydroxylation is 1. The number of fused-ring (bicyclic) bond motifs is 1. The first-order valence-corrected chi connectivity index (χ1v) is 8.66. The Hall–Kier alpha value is -2.73. The van der Waals surface area contributed by atoms with Gasteiger partial charge in [-0.05, 0) is 52.7 Å². The molecule has 0 radical (unpaired) electrons. The van der Waals surface area contributed by atoms with Gasteiger partial charge in [0.15, 0.2) is 0 Å². The molecule has 0 saturated heterocycles. The van der Waals surface area contributed by atoms with Crippen LogP contribution in [0.1, 0.15) is 27.7 Å². The van der Waals surface area contributed by atoms with Crippen molar-refractivity contribution in [2.75, 3.05) is 10.2 Å². The topological polar surface area (TPSA) is 58.1 Å². The van der Waals surface area contributed by atoms with Crippen LogP contribution in [0.4, 0.5) is 11.6 Å². The molecule has 2 aromatic heterocycles. The van der Waals surface area contributed by atoms with Crippen molar-refractivity contribution in [3.05, 3.63) is 82.1 Å². The molecule has 6 heteroatoms. The Balaban J connectivity index is 1.77. The Morgan fingerprint density at radius 1 is 1.04 bits per heavy atom. The van der Waals surface area contributed by atoms with Crippen LogP contribution in [0, 0.1) is 6.92 Å². The molecule has 124 valence electrons. The first kappa shape index (κ1) is 15.8. The average Bonchev–Trinajstić information content (AvgIpc) is 2.90. The molecular formula is C19H15BrN4O. The van der Waals surface area contributed by atoms with Gasteiger partial charge in [-0.25, -0.2) is 9.97 Å². The van der Waals surface area contributed by atoms with Crippen LogP contribution >= 0.6 is 15.9 Å². The number of hydrogen-bond donors (Lipinski definition) is 1. The molecule has 0 bridgehead atoms. The Morgan fingerprint density at radius 3 is 2.60 bits per heavy atom. The lowest BCUT2D eigenvalue weighted by molar-refractivity contribution is 0.0992. The van der Waals surface area contributed by atoms with E-state index in [9.17, 15) is 4.79 Å². The van der Waals surface area contributed by atoms with Crippen molar-refractivity contribution in [2.24, 2.45) is 0 Å². The van der Waals surface area contributed by atoms with Crippen molar-refractivity contribution in [1.82, 2.24) is 9.97 Å². The second-order valence-corrected chi connectivity index (χ2v) is 6.78. The summed E-state index contributed by atoms with van der Waals surface area (Å²) < 4.78 is 0.901. The summed E-state index contributed by atoms with van der Waals surface area (Å²) in [6.45, 7) is 1.97. The highest BCUT2D eigenvalue weighted by Crippen LogP contribution is 2.36. The normalized spacial score (nSPS) is 16.0. The molecule has 0 spiro atoms. The summed E-state index contributed by atoms with van der Waals surface area (Å²) in [5.41, 5.74) is 2.64. The van der Waals surface area contributed by atoms with E-state index in [-0.39, 0.29) is 12.1 Å². The fourth-order valence-corrected chi connectivity index (χ4v) is 3.13. The number of nitrogens with one attached hydrogen (secondary N) is 1. The molecule has 1 unspecified atom stereocenters. The highest BCUT2D eigenvalue weighted by Gasteiger charge is 2.38. The zero-order valence-electron chi connectivity index (χ0n) is 13.5. The molecule has 0 aliphatic carbocycles. The Bertz CT molecular complexity index is 925. The van der Waals surface area contributed by atoms with Gasteiger partial charge in [0.05, 0.1) is 0 Å². The van der Waals surface area contributed by atoms with Gasteiger partial charge >= 0.3 is 0 Å². The summed E-state index contributed by atoms with van der Waals surface area (Å²) >= 11 is 3.38. The summed E-state index contributed by atoms with van der Waals surface area (Å²) in [6.07, 6.45) is 3.13. The summed E-state index contributed by atoms with van der Waals surface area (Å²) in [4.78, 5) is 23.4. The smallest absolute Gasteiger partial charge is 0.261 e. The van der Waals surface area contributed by atoms with Crippen molar-refractivity contribution >= 4 is 33.5 Å². The van der Waals surface area contributed by atoms with Crippen molar-refractivity contribution in [3.8, 4) is 0 Å². The molecule has 5 nitrogen and oxygen atoms in total. The first-order chi connectivity index (χ1) is 12.1. The number of carbonyl (C=O) groups excluding carboxylic acids is 1. The number of hydrogen-bond acceptors (Lipinski definition) is 4. The summed E-state index contributed by atoms with van der Waals surface area (Å²) in [7, 11) is 0. The first-order valence-electron chi connectivity index (χ1n) is 7.87. The molecular weight excluding hydrogens is 380 g/mol. The predicted octanol–water partition coefficient (Wildman–Crippen LogP) is 4.32. The molecule has 0 fully saturated rings. The van der Waals surface area contributed by atoms with Crippen LogP contribution in [0.15, 0.2) is 65.4 Å². The molecule has 3 aromatic rings. The Labute approximate surface area is 153 Å². The van der Waals surface area contributed by atoms with Crippen molar-refractivity contribution in [3.63, 3.8) is 0 Å². The SMILES string of the molecule is Cc1ccc(N2C(=O)c3ccccc3C2Nc2ccc(Br)cn2)nc1. The van der Waals surface area contributed by atoms with E-state index in [2.05, 4.69) is 31.2 Å². The molecule has 1 atom stereocenters. The van der Waals surface area contributed by atoms with Gasteiger partial charge in [-0.1, -0.05) is 24.3 Å². The van der Waals surface area contributed by atoms with Crippen molar-refractivity contribution in [2.45, 2.75) is 13.1 Å². The third-order valence-electron chi connectivity index (χ3n) is 4.12. The van der Waals surface area contributed by atoms with E-state index in [1.165, 1.54) is 0 Å². The minimum Gasteiger partial charge on any atom is -0.346 e. The molecule has 0 saturated carbocycles. The molecule has 1 aliphatic heterocycles. The maximum atomic E-state index is 13.0. The highest BCUT2D eigenvalue weighted by molar-refractivity contribution is 9.10. The van der Waals surface area contributed by atoms with Gasteiger partial charge in [0, 0.05) is 28.0 Å². The molecule has 1 aromatic carbocycles. The minimum absolute atomic E-state index is 0.0680. The lowest BCUT2D eigenvalue weighted by Crippen LogP contribution is -2.33. The van der Waals surface area contributed by atoms with E-state index in [4.69, 9.17) is 0 Å². The van der Waals surface area contributed by atoms with Gasteiger partial charge in [-0.15, -0.1) is 0 Å². The van der Waals surface area contributed by atoms with Crippen LogP contribution in [0.3, 0.4) is 0 Å². The van der Waals surface area contributed by atoms with Crippen LogP contribution in [0.2, 0.25) is 0 Å². The molecule has 1 amide bonds. The molecule has 1 N–H and O–H groups in total. The molecule has 25 heavy (non-hydrogen) atoms. The highest BCUT2D eigenvalue weighted by atomic mass is 79.9. The Morgan fingerprint density at radius 2 is 1.88 bits per heavy atom.